The molecule has 23 heavy (non-hydrogen) atoms. The minimum Gasteiger partial charge on any atom is -0.467 e. The van der Waals surface area contributed by atoms with Crippen LogP contribution in [0.25, 0.3) is 0 Å². The third-order valence-corrected chi connectivity index (χ3v) is 3.47. The van der Waals surface area contributed by atoms with Gasteiger partial charge in [0.25, 0.3) is 0 Å². The number of rotatable bonds is 5. The number of methoxy groups -OCH3 is 1. The molecular formula is C12H12F3NO6S. The van der Waals surface area contributed by atoms with Gasteiger partial charge in [-0.2, -0.15) is 21.6 Å². The van der Waals surface area contributed by atoms with Gasteiger partial charge in [0, 0.05) is 6.92 Å². The van der Waals surface area contributed by atoms with Gasteiger partial charge >= 0.3 is 21.6 Å². The minimum absolute atomic E-state index is 0.170. The number of nitrogens with one attached hydrogen (secondary N) is 1. The Morgan fingerprint density at radius 1 is 1.17 bits per heavy atom. The van der Waals surface area contributed by atoms with Crippen LogP contribution in [-0.2, 0) is 24.4 Å². The molecule has 11 heteroatoms. The van der Waals surface area contributed by atoms with Crippen molar-refractivity contribution < 1.29 is 40.1 Å². The molecule has 0 saturated carbocycles. The van der Waals surface area contributed by atoms with Crippen LogP contribution in [0, 0.1) is 0 Å². The fraction of sp³-hybridized carbons (Fsp3) is 0.333. The van der Waals surface area contributed by atoms with Gasteiger partial charge < -0.3 is 14.2 Å². The molecule has 0 unspecified atom stereocenters. The van der Waals surface area contributed by atoms with Gasteiger partial charge in [0.2, 0.25) is 5.91 Å². The highest BCUT2D eigenvalue weighted by Gasteiger charge is 2.48. The smallest absolute Gasteiger partial charge is 0.467 e. The molecule has 0 spiro atoms. The fourth-order valence-electron chi connectivity index (χ4n) is 1.49. The van der Waals surface area contributed by atoms with Gasteiger partial charge in [-0.1, -0.05) is 12.1 Å². The minimum atomic E-state index is -5.79. The van der Waals surface area contributed by atoms with Crippen molar-refractivity contribution in [3.8, 4) is 5.75 Å². The van der Waals surface area contributed by atoms with E-state index in [0.717, 1.165) is 38.3 Å². The number of alkyl halides is 3. The van der Waals surface area contributed by atoms with Crippen LogP contribution < -0.4 is 9.50 Å². The molecule has 1 atom stereocenters. The Morgan fingerprint density at radius 3 is 2.09 bits per heavy atom. The predicted molar refractivity (Wildman–Crippen MR) is 70.6 cm³/mol. The molecule has 7 nitrogen and oxygen atoms in total. The van der Waals surface area contributed by atoms with Crippen LogP contribution in [-0.4, -0.2) is 32.9 Å². The van der Waals surface area contributed by atoms with Crippen LogP contribution in [0.15, 0.2) is 24.3 Å². The van der Waals surface area contributed by atoms with E-state index in [0.29, 0.717) is 0 Å². The van der Waals surface area contributed by atoms with Crippen LogP contribution in [0.3, 0.4) is 0 Å². The monoisotopic (exact) mass is 355 g/mol. The lowest BCUT2D eigenvalue weighted by Gasteiger charge is -2.16. The van der Waals surface area contributed by atoms with Crippen LogP contribution >= 0.6 is 0 Å². The molecule has 0 aliphatic rings. The zero-order valence-electron chi connectivity index (χ0n) is 11.9. The number of halogens is 3. The zero-order chi connectivity index (χ0) is 17.8. The van der Waals surface area contributed by atoms with Crippen molar-refractivity contribution in [1.29, 1.82) is 0 Å². The third-order valence-electron chi connectivity index (χ3n) is 2.49. The number of hydrogen-bond donors (Lipinski definition) is 1. The largest absolute Gasteiger partial charge is 0.534 e. The summed E-state index contributed by atoms with van der Waals surface area (Å²) in [6.45, 7) is 1.16. The molecule has 0 aromatic heterocycles. The van der Waals surface area contributed by atoms with E-state index in [1.54, 1.807) is 0 Å². The van der Waals surface area contributed by atoms with E-state index in [2.05, 4.69) is 14.2 Å². The van der Waals surface area contributed by atoms with E-state index in [1.807, 2.05) is 0 Å². The highest BCUT2D eigenvalue weighted by atomic mass is 32.2. The molecule has 1 aromatic carbocycles. The molecule has 1 aromatic rings. The summed E-state index contributed by atoms with van der Waals surface area (Å²) in [6.07, 6.45) is 0. The maximum absolute atomic E-state index is 12.2. The van der Waals surface area contributed by atoms with Gasteiger partial charge in [-0.05, 0) is 17.7 Å². The Balaban J connectivity index is 3.03. The standard InChI is InChI=1S/C12H12F3NO6S/c1-7(17)16-10(11(18)21-2)8-3-5-9(6-4-8)22-23(19,20)12(13,14)15/h3-6,10H,1-2H3,(H,16,17)/t10-/m0/s1. The van der Waals surface area contributed by atoms with E-state index in [9.17, 15) is 31.2 Å². The Morgan fingerprint density at radius 2 is 1.70 bits per heavy atom. The van der Waals surface area contributed by atoms with Crippen molar-refractivity contribution in [3.05, 3.63) is 29.8 Å². The summed E-state index contributed by atoms with van der Waals surface area (Å²) in [5, 5.41) is 2.29. The molecule has 1 N–H and O–H groups in total. The van der Waals surface area contributed by atoms with Crippen molar-refractivity contribution in [1.82, 2.24) is 5.32 Å². The topological polar surface area (TPSA) is 98.8 Å². The van der Waals surface area contributed by atoms with Gasteiger partial charge in [0.15, 0.2) is 6.04 Å². The van der Waals surface area contributed by atoms with E-state index in [4.69, 9.17) is 0 Å². The Labute approximate surface area is 129 Å². The van der Waals surface area contributed by atoms with Crippen LogP contribution in [0.2, 0.25) is 0 Å². The number of amides is 1. The molecule has 0 aliphatic carbocycles. The summed E-state index contributed by atoms with van der Waals surface area (Å²) in [5.41, 5.74) is -5.39. The van der Waals surface area contributed by atoms with Gasteiger partial charge in [0.1, 0.15) is 5.75 Å². The fourth-order valence-corrected chi connectivity index (χ4v) is 1.95. The molecule has 0 aliphatic heterocycles. The first-order valence-electron chi connectivity index (χ1n) is 5.93. The summed E-state index contributed by atoms with van der Waals surface area (Å²) in [6, 6.07) is 2.88. The highest BCUT2D eigenvalue weighted by molar-refractivity contribution is 7.87. The van der Waals surface area contributed by atoms with E-state index < -0.39 is 39.3 Å². The number of ether oxygens (including phenoxy) is 1. The average molecular weight is 355 g/mol. The lowest BCUT2D eigenvalue weighted by molar-refractivity contribution is -0.145. The van der Waals surface area contributed by atoms with Gasteiger partial charge in [-0.15, -0.1) is 0 Å². The second-order valence-corrected chi connectivity index (χ2v) is 5.75. The van der Waals surface area contributed by atoms with Crippen molar-refractivity contribution >= 4 is 22.0 Å². The second-order valence-electron chi connectivity index (χ2n) is 4.21. The number of carbonyl (C=O) groups is 2. The summed E-state index contributed by atoms with van der Waals surface area (Å²) >= 11 is 0. The lowest BCUT2D eigenvalue weighted by Crippen LogP contribution is -2.32. The molecular weight excluding hydrogens is 343 g/mol. The molecule has 0 heterocycles. The summed E-state index contributed by atoms with van der Waals surface area (Å²) in [4.78, 5) is 22.6. The van der Waals surface area contributed by atoms with Crippen LogP contribution in [0.1, 0.15) is 18.5 Å². The normalized spacial score (nSPS) is 13.1. The molecule has 128 valence electrons. The first-order chi connectivity index (χ1) is 10.5. The predicted octanol–water partition coefficient (Wildman–Crippen LogP) is 1.27. The van der Waals surface area contributed by atoms with Crippen molar-refractivity contribution in [3.63, 3.8) is 0 Å². The number of esters is 1. The number of hydrogen-bond acceptors (Lipinski definition) is 6. The van der Waals surface area contributed by atoms with Crippen molar-refractivity contribution in [2.24, 2.45) is 0 Å². The van der Waals surface area contributed by atoms with Gasteiger partial charge in [-0.25, -0.2) is 4.79 Å². The highest BCUT2D eigenvalue weighted by Crippen LogP contribution is 2.27. The van der Waals surface area contributed by atoms with E-state index in [1.165, 1.54) is 0 Å². The van der Waals surface area contributed by atoms with E-state index in [-0.39, 0.29) is 5.56 Å². The van der Waals surface area contributed by atoms with Crippen LogP contribution in [0.4, 0.5) is 13.2 Å². The summed E-state index contributed by atoms with van der Waals surface area (Å²) in [5.74, 6) is -1.95. The lowest BCUT2D eigenvalue weighted by atomic mass is 10.1. The molecule has 0 bridgehead atoms. The molecule has 0 saturated heterocycles. The zero-order valence-corrected chi connectivity index (χ0v) is 12.7. The first-order valence-corrected chi connectivity index (χ1v) is 7.34. The van der Waals surface area contributed by atoms with Crippen LogP contribution in [0.5, 0.6) is 5.75 Å². The molecule has 0 radical (unpaired) electrons. The third kappa shape index (κ3) is 4.84. The second kappa shape index (κ2) is 6.86. The van der Waals surface area contributed by atoms with E-state index >= 15 is 0 Å². The SMILES string of the molecule is COC(=O)[C@@H](NC(C)=O)c1ccc(OS(=O)(=O)C(F)(F)F)cc1. The Bertz CT molecular complexity index is 684. The number of benzene rings is 1. The Hall–Kier alpha value is -2.30. The van der Waals surface area contributed by atoms with Gasteiger partial charge in [-0.3, -0.25) is 4.79 Å². The maximum atomic E-state index is 12.2. The molecule has 0 fully saturated rings. The average Bonchev–Trinajstić information content (AvgIpc) is 2.43. The number of carbonyl (C=O) groups excluding carboxylic acids is 2. The maximum Gasteiger partial charge on any atom is 0.534 e. The van der Waals surface area contributed by atoms with Crippen molar-refractivity contribution in [2.75, 3.05) is 7.11 Å². The Kier molecular flexibility index (Phi) is 5.59. The van der Waals surface area contributed by atoms with Crippen molar-refractivity contribution in [2.45, 2.75) is 18.5 Å². The first kappa shape index (κ1) is 18.7. The molecule has 1 rings (SSSR count). The summed E-state index contributed by atoms with van der Waals surface area (Å²) in [7, 11) is -4.70. The quantitative estimate of drug-likeness (QED) is 0.485. The van der Waals surface area contributed by atoms with Gasteiger partial charge in [0.05, 0.1) is 7.11 Å². The summed E-state index contributed by atoms with van der Waals surface area (Å²) < 4.78 is 66.7. The molecule has 1 amide bonds.